The Bertz CT molecular complexity index is 447. The Hall–Kier alpha value is -1.14. The van der Waals surface area contributed by atoms with Gasteiger partial charge in [0.1, 0.15) is 0 Å². The van der Waals surface area contributed by atoms with Gasteiger partial charge in [-0.3, -0.25) is 10.1 Å². The molecule has 0 amide bonds. The van der Waals surface area contributed by atoms with E-state index in [2.05, 4.69) is 20.8 Å². The minimum atomic E-state index is -0.348. The lowest BCUT2D eigenvalue weighted by atomic mass is 10.1. The monoisotopic (exact) mass is 314 g/mol. The molecule has 0 radical (unpaired) electrons. The van der Waals surface area contributed by atoms with Gasteiger partial charge in [0.05, 0.1) is 17.6 Å². The minimum Gasteiger partial charge on any atom is -0.379 e. The van der Waals surface area contributed by atoms with Crippen LogP contribution in [0.25, 0.3) is 0 Å². The zero-order valence-electron chi connectivity index (χ0n) is 10.1. The van der Waals surface area contributed by atoms with E-state index in [1.54, 1.807) is 12.1 Å². The third-order valence-electron chi connectivity index (χ3n) is 3.26. The summed E-state index contributed by atoms with van der Waals surface area (Å²) in [6.45, 7) is 1.50. The third-order valence-corrected chi connectivity index (χ3v) is 3.87. The summed E-state index contributed by atoms with van der Waals surface area (Å²) < 4.78 is 5.36. The molecule has 1 aliphatic rings. The number of anilines is 1. The Labute approximate surface area is 114 Å². The molecule has 0 aliphatic carbocycles. The van der Waals surface area contributed by atoms with E-state index in [9.17, 15) is 10.1 Å². The molecule has 2 rings (SSSR count). The molecule has 0 saturated carbocycles. The molecule has 6 heteroatoms. The molecule has 98 valence electrons. The van der Waals surface area contributed by atoms with Gasteiger partial charge in [-0.15, -0.1) is 0 Å². The second-order valence-electron chi connectivity index (χ2n) is 4.33. The van der Waals surface area contributed by atoms with Crippen LogP contribution in [0.2, 0.25) is 0 Å². The second kappa shape index (κ2) is 5.67. The van der Waals surface area contributed by atoms with E-state index >= 15 is 0 Å². The zero-order chi connectivity index (χ0) is 13.1. The number of nitro groups is 1. The van der Waals surface area contributed by atoms with Gasteiger partial charge in [-0.2, -0.15) is 0 Å². The van der Waals surface area contributed by atoms with Gasteiger partial charge in [0.25, 0.3) is 5.69 Å². The summed E-state index contributed by atoms with van der Waals surface area (Å²) in [5.41, 5.74) is 1.85. The Kier molecular flexibility index (Phi) is 4.19. The largest absolute Gasteiger partial charge is 0.379 e. The number of ether oxygens (including phenoxy) is 1. The third kappa shape index (κ3) is 2.64. The Morgan fingerprint density at radius 1 is 1.61 bits per heavy atom. The van der Waals surface area contributed by atoms with Crippen LogP contribution in [0.3, 0.4) is 0 Å². The first-order chi connectivity index (χ1) is 8.63. The number of halogens is 1. The fourth-order valence-corrected chi connectivity index (χ4v) is 2.56. The van der Waals surface area contributed by atoms with Crippen molar-refractivity contribution in [3.8, 4) is 0 Å². The molecule has 0 aromatic heterocycles. The summed E-state index contributed by atoms with van der Waals surface area (Å²) in [5.74, 6) is 0. The summed E-state index contributed by atoms with van der Waals surface area (Å²) in [5, 5.41) is 11.3. The van der Waals surface area contributed by atoms with E-state index in [1.807, 2.05) is 13.1 Å². The normalized spacial score (nSPS) is 18.9. The highest BCUT2D eigenvalue weighted by molar-refractivity contribution is 9.08. The van der Waals surface area contributed by atoms with Gasteiger partial charge >= 0.3 is 0 Å². The maximum atomic E-state index is 10.9. The predicted molar refractivity (Wildman–Crippen MR) is 73.4 cm³/mol. The summed E-state index contributed by atoms with van der Waals surface area (Å²) in [6, 6.07) is 5.58. The van der Waals surface area contributed by atoms with Crippen molar-refractivity contribution in [1.29, 1.82) is 0 Å². The molecule has 1 aromatic rings. The van der Waals surface area contributed by atoms with Crippen LogP contribution in [0.1, 0.15) is 12.0 Å². The maximum Gasteiger partial charge on any atom is 0.273 e. The molecule has 1 saturated heterocycles. The number of hydrogen-bond donors (Lipinski definition) is 0. The lowest BCUT2D eigenvalue weighted by Gasteiger charge is -2.25. The molecule has 0 N–H and O–H groups in total. The lowest BCUT2D eigenvalue weighted by molar-refractivity contribution is -0.385. The molecular formula is C12H15BrN2O3. The first-order valence-electron chi connectivity index (χ1n) is 5.77. The number of benzene rings is 1. The molecule has 5 nitrogen and oxygen atoms in total. The smallest absolute Gasteiger partial charge is 0.273 e. The van der Waals surface area contributed by atoms with Crippen molar-refractivity contribution < 1.29 is 9.66 Å². The highest BCUT2D eigenvalue weighted by Crippen LogP contribution is 2.28. The SMILES string of the molecule is CN(c1ccc([N+](=O)[O-])c(CBr)c1)C1CCOC1. The van der Waals surface area contributed by atoms with Gasteiger partial charge in [-0.25, -0.2) is 0 Å². The van der Waals surface area contributed by atoms with Crippen molar-refractivity contribution in [2.75, 3.05) is 25.2 Å². The average molecular weight is 315 g/mol. The van der Waals surface area contributed by atoms with Crippen LogP contribution in [0, 0.1) is 10.1 Å². The molecule has 1 atom stereocenters. The van der Waals surface area contributed by atoms with E-state index in [1.165, 1.54) is 0 Å². The molecule has 1 aromatic carbocycles. The fourth-order valence-electron chi connectivity index (χ4n) is 2.11. The number of nitro benzene ring substituents is 1. The van der Waals surface area contributed by atoms with E-state index in [0.29, 0.717) is 16.9 Å². The van der Waals surface area contributed by atoms with Gasteiger partial charge in [0, 0.05) is 36.3 Å². The molecule has 1 fully saturated rings. The Morgan fingerprint density at radius 3 is 2.94 bits per heavy atom. The quantitative estimate of drug-likeness (QED) is 0.487. The first kappa shape index (κ1) is 13.3. The molecule has 18 heavy (non-hydrogen) atoms. The van der Waals surface area contributed by atoms with Crippen LogP contribution in [0.15, 0.2) is 18.2 Å². The standard InChI is InChI=1S/C12H15BrN2O3/c1-14(11-4-5-18-8-11)10-2-3-12(15(16)17)9(6-10)7-13/h2-3,6,11H,4-5,7-8H2,1H3. The summed E-state index contributed by atoms with van der Waals surface area (Å²) >= 11 is 3.30. The first-order valence-corrected chi connectivity index (χ1v) is 6.89. The molecule has 1 aliphatic heterocycles. The van der Waals surface area contributed by atoms with Crippen molar-refractivity contribution in [3.05, 3.63) is 33.9 Å². The Balaban J connectivity index is 2.26. The highest BCUT2D eigenvalue weighted by atomic mass is 79.9. The van der Waals surface area contributed by atoms with Gasteiger partial charge in [-0.1, -0.05) is 15.9 Å². The summed E-state index contributed by atoms with van der Waals surface area (Å²) in [4.78, 5) is 12.6. The van der Waals surface area contributed by atoms with Crippen LogP contribution in [-0.4, -0.2) is 31.2 Å². The lowest BCUT2D eigenvalue weighted by Crippen LogP contribution is -2.31. The number of nitrogens with zero attached hydrogens (tertiary/aromatic N) is 2. The molecule has 1 heterocycles. The number of alkyl halides is 1. The Morgan fingerprint density at radius 2 is 2.39 bits per heavy atom. The van der Waals surface area contributed by atoms with Gasteiger partial charge in [0.2, 0.25) is 0 Å². The fraction of sp³-hybridized carbons (Fsp3) is 0.500. The number of rotatable bonds is 4. The van der Waals surface area contributed by atoms with Crippen molar-refractivity contribution in [1.82, 2.24) is 0 Å². The average Bonchev–Trinajstić information content (AvgIpc) is 2.90. The number of hydrogen-bond acceptors (Lipinski definition) is 4. The van der Waals surface area contributed by atoms with E-state index in [-0.39, 0.29) is 10.6 Å². The van der Waals surface area contributed by atoms with E-state index in [0.717, 1.165) is 25.3 Å². The van der Waals surface area contributed by atoms with Crippen LogP contribution >= 0.6 is 15.9 Å². The predicted octanol–water partition coefficient (Wildman–Crippen LogP) is 2.71. The molecular weight excluding hydrogens is 300 g/mol. The zero-order valence-corrected chi connectivity index (χ0v) is 11.7. The van der Waals surface area contributed by atoms with E-state index in [4.69, 9.17) is 4.74 Å². The van der Waals surface area contributed by atoms with Crippen LogP contribution < -0.4 is 4.90 Å². The van der Waals surface area contributed by atoms with Gasteiger partial charge in [0.15, 0.2) is 0 Å². The minimum absolute atomic E-state index is 0.159. The number of likely N-dealkylation sites (N-methyl/N-ethyl adjacent to an activating group) is 1. The summed E-state index contributed by atoms with van der Waals surface area (Å²) in [7, 11) is 2.00. The van der Waals surface area contributed by atoms with E-state index < -0.39 is 0 Å². The van der Waals surface area contributed by atoms with Crippen molar-refractivity contribution in [2.24, 2.45) is 0 Å². The van der Waals surface area contributed by atoms with Crippen molar-refractivity contribution >= 4 is 27.3 Å². The second-order valence-corrected chi connectivity index (χ2v) is 4.89. The van der Waals surface area contributed by atoms with Crippen LogP contribution in [0.4, 0.5) is 11.4 Å². The van der Waals surface area contributed by atoms with Gasteiger partial charge < -0.3 is 9.64 Å². The van der Waals surface area contributed by atoms with Crippen molar-refractivity contribution in [2.45, 2.75) is 17.8 Å². The molecule has 0 spiro atoms. The molecule has 0 bridgehead atoms. The topological polar surface area (TPSA) is 55.6 Å². The van der Waals surface area contributed by atoms with Crippen LogP contribution in [-0.2, 0) is 10.1 Å². The van der Waals surface area contributed by atoms with Crippen molar-refractivity contribution in [3.63, 3.8) is 0 Å². The van der Waals surface area contributed by atoms with Gasteiger partial charge in [-0.05, 0) is 18.6 Å². The highest BCUT2D eigenvalue weighted by Gasteiger charge is 2.22. The maximum absolute atomic E-state index is 10.9. The molecule has 1 unspecified atom stereocenters. The van der Waals surface area contributed by atoms with Crippen LogP contribution in [0.5, 0.6) is 0 Å². The summed E-state index contributed by atoms with van der Waals surface area (Å²) in [6.07, 6.45) is 0.997.